The maximum atomic E-state index is 11.2. The number of thiophene rings is 1. The van der Waals surface area contributed by atoms with Crippen molar-refractivity contribution in [2.24, 2.45) is 0 Å². The highest BCUT2D eigenvalue weighted by atomic mass is 79.9. The fourth-order valence-electron chi connectivity index (χ4n) is 1.95. The summed E-state index contributed by atoms with van der Waals surface area (Å²) in [4.78, 5) is 20.3. The molecule has 0 unspecified atom stereocenters. The number of carbonyl (C=O) groups is 1. The molecular formula is C14H9BrN2O3S. The summed E-state index contributed by atoms with van der Waals surface area (Å²) in [5, 5.41) is 9.84. The molecule has 21 heavy (non-hydrogen) atoms. The lowest BCUT2D eigenvalue weighted by Crippen LogP contribution is -1.95. The summed E-state index contributed by atoms with van der Waals surface area (Å²) in [6.07, 6.45) is 1.37. The smallest absolute Gasteiger partial charge is 0.346 e. The van der Waals surface area contributed by atoms with Gasteiger partial charge in [-0.15, -0.1) is 11.3 Å². The zero-order valence-electron chi connectivity index (χ0n) is 10.8. The number of para-hydroxylation sites is 1. The van der Waals surface area contributed by atoms with Crippen molar-refractivity contribution in [3.8, 4) is 11.6 Å². The van der Waals surface area contributed by atoms with E-state index in [9.17, 15) is 9.90 Å². The molecule has 3 rings (SSSR count). The van der Waals surface area contributed by atoms with Crippen LogP contribution in [-0.2, 0) is 0 Å². The van der Waals surface area contributed by atoms with Crippen LogP contribution in [0.15, 0.2) is 35.1 Å². The van der Waals surface area contributed by atoms with E-state index in [-0.39, 0.29) is 4.88 Å². The molecule has 0 saturated heterocycles. The Morgan fingerprint density at radius 3 is 2.81 bits per heavy atom. The van der Waals surface area contributed by atoms with Crippen molar-refractivity contribution < 1.29 is 14.6 Å². The van der Waals surface area contributed by atoms with Crippen LogP contribution in [0, 0.1) is 6.92 Å². The number of carboxylic acids is 1. The Morgan fingerprint density at radius 1 is 1.33 bits per heavy atom. The van der Waals surface area contributed by atoms with Gasteiger partial charge in [0.15, 0.2) is 0 Å². The molecule has 0 aliphatic heterocycles. The van der Waals surface area contributed by atoms with E-state index in [0.717, 1.165) is 15.8 Å². The Balaban J connectivity index is 2.15. The standard InChI is InChI=1S/C14H9BrN2O3S/c1-7-10-12(20-9-5-3-2-4-8(9)15)16-6-17-13(10)21-11(7)14(18)19/h2-6H,1H3,(H,18,19). The molecule has 0 amide bonds. The number of aromatic carboxylic acids is 1. The molecule has 1 aromatic carbocycles. The number of aromatic nitrogens is 2. The molecule has 2 heterocycles. The second kappa shape index (κ2) is 5.42. The summed E-state index contributed by atoms with van der Waals surface area (Å²) in [6, 6.07) is 7.39. The van der Waals surface area contributed by atoms with Crippen molar-refractivity contribution in [3.63, 3.8) is 0 Å². The third-order valence-electron chi connectivity index (χ3n) is 2.93. The first-order chi connectivity index (χ1) is 10.1. The Hall–Kier alpha value is -1.99. The van der Waals surface area contributed by atoms with Crippen LogP contribution in [0.25, 0.3) is 10.2 Å². The van der Waals surface area contributed by atoms with Gasteiger partial charge in [-0.1, -0.05) is 12.1 Å². The number of hydrogen-bond acceptors (Lipinski definition) is 5. The lowest BCUT2D eigenvalue weighted by molar-refractivity contribution is 0.0701. The van der Waals surface area contributed by atoms with Crippen molar-refractivity contribution in [2.45, 2.75) is 6.92 Å². The molecule has 2 aromatic heterocycles. The van der Waals surface area contributed by atoms with E-state index >= 15 is 0 Å². The summed E-state index contributed by atoms with van der Waals surface area (Å²) in [6.45, 7) is 1.73. The molecule has 1 N–H and O–H groups in total. The minimum absolute atomic E-state index is 0.252. The third-order valence-corrected chi connectivity index (χ3v) is 4.77. The van der Waals surface area contributed by atoms with Crippen LogP contribution in [0.5, 0.6) is 11.6 Å². The lowest BCUT2D eigenvalue weighted by atomic mass is 10.2. The van der Waals surface area contributed by atoms with E-state index in [2.05, 4.69) is 25.9 Å². The number of halogens is 1. The van der Waals surface area contributed by atoms with Crippen molar-refractivity contribution in [2.75, 3.05) is 0 Å². The second-order valence-electron chi connectivity index (χ2n) is 4.25. The van der Waals surface area contributed by atoms with Gasteiger partial charge in [-0.3, -0.25) is 0 Å². The fourth-order valence-corrected chi connectivity index (χ4v) is 3.30. The molecule has 5 nitrogen and oxygen atoms in total. The van der Waals surface area contributed by atoms with Crippen molar-refractivity contribution in [1.29, 1.82) is 0 Å². The minimum atomic E-state index is -0.970. The highest BCUT2D eigenvalue weighted by Gasteiger charge is 2.20. The van der Waals surface area contributed by atoms with Gasteiger partial charge >= 0.3 is 5.97 Å². The maximum Gasteiger partial charge on any atom is 0.346 e. The van der Waals surface area contributed by atoms with Crippen LogP contribution in [0.3, 0.4) is 0 Å². The second-order valence-corrected chi connectivity index (χ2v) is 6.11. The SMILES string of the molecule is Cc1c(C(=O)O)sc2ncnc(Oc3ccccc3Br)c12. The van der Waals surface area contributed by atoms with Crippen molar-refractivity contribution >= 4 is 43.5 Å². The van der Waals surface area contributed by atoms with Crippen molar-refractivity contribution in [1.82, 2.24) is 9.97 Å². The zero-order valence-corrected chi connectivity index (χ0v) is 13.2. The topological polar surface area (TPSA) is 72.3 Å². The van der Waals surface area contributed by atoms with E-state index in [0.29, 0.717) is 27.4 Å². The summed E-state index contributed by atoms with van der Waals surface area (Å²) in [5.41, 5.74) is 0.616. The van der Waals surface area contributed by atoms with E-state index < -0.39 is 5.97 Å². The van der Waals surface area contributed by atoms with E-state index in [1.165, 1.54) is 6.33 Å². The maximum absolute atomic E-state index is 11.2. The van der Waals surface area contributed by atoms with Gasteiger partial charge in [-0.05, 0) is 40.5 Å². The molecule has 7 heteroatoms. The average molecular weight is 365 g/mol. The number of benzene rings is 1. The number of ether oxygens (including phenoxy) is 1. The molecule has 0 bridgehead atoms. The van der Waals surface area contributed by atoms with Gasteiger partial charge in [0.1, 0.15) is 21.8 Å². The molecule has 106 valence electrons. The number of fused-ring (bicyclic) bond motifs is 1. The number of carboxylic acid groups (broad SMARTS) is 1. The fraction of sp³-hybridized carbons (Fsp3) is 0.0714. The Kier molecular flexibility index (Phi) is 3.60. The predicted molar refractivity (Wildman–Crippen MR) is 83.3 cm³/mol. The van der Waals surface area contributed by atoms with Crippen LogP contribution in [-0.4, -0.2) is 21.0 Å². The normalized spacial score (nSPS) is 10.8. The van der Waals surface area contributed by atoms with E-state index in [1.54, 1.807) is 13.0 Å². The first-order valence-corrected chi connectivity index (χ1v) is 7.58. The molecule has 0 aliphatic carbocycles. The molecule has 0 spiro atoms. The van der Waals surface area contributed by atoms with Gasteiger partial charge < -0.3 is 9.84 Å². The van der Waals surface area contributed by atoms with Gasteiger partial charge in [-0.25, -0.2) is 14.8 Å². The van der Waals surface area contributed by atoms with Crippen molar-refractivity contribution in [3.05, 3.63) is 45.5 Å². The Bertz CT molecular complexity index is 847. The summed E-state index contributed by atoms with van der Waals surface area (Å²) in [5.74, 6) is -0.00420. The number of hydrogen-bond donors (Lipinski definition) is 1. The van der Waals surface area contributed by atoms with Gasteiger partial charge in [-0.2, -0.15) is 0 Å². The molecule has 0 radical (unpaired) electrons. The van der Waals surface area contributed by atoms with Crippen LogP contribution in [0.2, 0.25) is 0 Å². The molecule has 0 saturated carbocycles. The largest absolute Gasteiger partial charge is 0.477 e. The van der Waals surface area contributed by atoms with Crippen LogP contribution in [0.1, 0.15) is 15.2 Å². The quantitative estimate of drug-likeness (QED) is 0.751. The van der Waals surface area contributed by atoms with Crippen LogP contribution >= 0.6 is 27.3 Å². The highest BCUT2D eigenvalue weighted by molar-refractivity contribution is 9.10. The molecule has 0 aliphatic rings. The van der Waals surface area contributed by atoms with Crippen LogP contribution in [0.4, 0.5) is 0 Å². The van der Waals surface area contributed by atoms with Gasteiger partial charge in [0, 0.05) is 0 Å². The number of nitrogens with zero attached hydrogens (tertiary/aromatic N) is 2. The molecule has 0 fully saturated rings. The summed E-state index contributed by atoms with van der Waals surface area (Å²) >= 11 is 4.52. The van der Waals surface area contributed by atoms with Gasteiger partial charge in [0.25, 0.3) is 0 Å². The Morgan fingerprint density at radius 2 is 2.10 bits per heavy atom. The monoisotopic (exact) mass is 364 g/mol. The number of rotatable bonds is 3. The summed E-state index contributed by atoms with van der Waals surface area (Å²) < 4.78 is 6.61. The van der Waals surface area contributed by atoms with E-state index in [1.807, 2.05) is 18.2 Å². The molecular weight excluding hydrogens is 356 g/mol. The Labute approximate surface area is 132 Å². The first kappa shape index (κ1) is 14.0. The van der Waals surface area contributed by atoms with Gasteiger partial charge in [0.2, 0.25) is 5.88 Å². The average Bonchev–Trinajstić information content (AvgIpc) is 2.80. The zero-order chi connectivity index (χ0) is 15.0. The first-order valence-electron chi connectivity index (χ1n) is 5.97. The minimum Gasteiger partial charge on any atom is -0.477 e. The molecule has 0 atom stereocenters. The van der Waals surface area contributed by atoms with Crippen LogP contribution < -0.4 is 4.74 Å². The predicted octanol–water partition coefficient (Wildman–Crippen LogP) is 4.25. The van der Waals surface area contributed by atoms with Gasteiger partial charge in [0.05, 0.1) is 9.86 Å². The number of aryl methyl sites for hydroxylation is 1. The summed E-state index contributed by atoms with van der Waals surface area (Å²) in [7, 11) is 0. The lowest BCUT2D eigenvalue weighted by Gasteiger charge is -2.07. The third kappa shape index (κ3) is 2.50. The highest BCUT2D eigenvalue weighted by Crippen LogP contribution is 2.37. The molecule has 3 aromatic rings. The van der Waals surface area contributed by atoms with E-state index in [4.69, 9.17) is 4.74 Å².